The van der Waals surface area contributed by atoms with E-state index in [1.54, 1.807) is 0 Å². The molecule has 0 aromatic rings. The van der Waals surface area contributed by atoms with Crippen molar-refractivity contribution >= 4 is 54.8 Å². The molecule has 0 aliphatic carbocycles. The molecule has 0 bridgehead atoms. The maximum Gasteiger partial charge on any atom is 0.472 e. The Morgan fingerprint density at radius 1 is 0.158 bits per heavy atom. The number of aliphatic hydroxyl groups excluding tert-OH is 26. The zero-order valence-electron chi connectivity index (χ0n) is 51.6. The molecule has 0 aliphatic rings. The zero-order chi connectivity index (χ0) is 78.6. The summed E-state index contributed by atoms with van der Waals surface area (Å²) in [4.78, 5) is 68.8. The second-order valence-corrected chi connectivity index (χ2v) is 31.0. The Labute approximate surface area is 568 Å². The number of phosphoric ester groups is 7. The van der Waals surface area contributed by atoms with Crippen LogP contribution in [0.3, 0.4) is 0 Å². The lowest BCUT2D eigenvalue weighted by Crippen LogP contribution is -2.43. The molecule has 61 heteroatoms. The van der Waals surface area contributed by atoms with Gasteiger partial charge in [-0.3, -0.25) is 63.3 Å². The number of phosphoric acid groups is 7. The van der Waals surface area contributed by atoms with E-state index in [2.05, 4.69) is 63.3 Å². The Bertz CT molecular complexity index is 2470. The lowest BCUT2D eigenvalue weighted by molar-refractivity contribution is -0.101. The zero-order valence-corrected chi connectivity index (χ0v) is 57.9. The van der Waals surface area contributed by atoms with E-state index < -0.39 is 307 Å². The Hall–Kier alpha value is -0.270. The average molecular weight is 1650 g/mol. The SMILES string of the molecule is O=P(O)(OC[C@@H](O)[C@@H](O)[C@@H](O)COP(=O)(O)OC[C@@H](O)[C@@H](O)[C@@H](O)COP(=O)(O)OC[C@@H](O)[C@@H](O)[C@@H](O)COP(=O)(O)OC[C@@H](O)[C@@H](O)[C@@H](O)COP(=O)(O)OC[C@@H](O)[C@@H](O)[C@@H](O)COP(=O)(O)OC[C@@H](O)[C@@H](O)[C@@H](O)COP(=O)(O)OC[C@@H](O)[C@@H](O)[C@@H](O)CO)OC[C@H](O)[C@H](O)[C@H](O)CO. The van der Waals surface area contributed by atoms with Crippen LogP contribution >= 0.6 is 54.8 Å². The first kappa shape index (κ1) is 101. The third-order valence-corrected chi connectivity index (χ3v) is 19.1. The van der Waals surface area contributed by atoms with Gasteiger partial charge in [0.05, 0.1) is 106 Å². The van der Waals surface area contributed by atoms with Crippen LogP contribution in [0.1, 0.15) is 0 Å². The minimum absolute atomic E-state index is 1.02. The molecule has 54 nitrogen and oxygen atoms in total. The van der Waals surface area contributed by atoms with Crippen molar-refractivity contribution in [2.75, 3.05) is 106 Å². The molecular weight excluding hydrogens is 1560 g/mol. The van der Waals surface area contributed by atoms with E-state index in [-0.39, 0.29) is 0 Å². The van der Waals surface area contributed by atoms with Crippen molar-refractivity contribution in [2.24, 2.45) is 0 Å². The normalized spacial score (nSPS) is 24.2. The van der Waals surface area contributed by atoms with Gasteiger partial charge in [0.15, 0.2) is 0 Å². The van der Waals surface area contributed by atoms with Gasteiger partial charge in [-0.25, -0.2) is 32.0 Å². The molecule has 0 aliphatic heterocycles. The van der Waals surface area contributed by atoms with E-state index in [4.69, 9.17) is 10.2 Å². The van der Waals surface area contributed by atoms with Crippen LogP contribution in [0.5, 0.6) is 0 Å². The van der Waals surface area contributed by atoms with Crippen molar-refractivity contribution in [3.8, 4) is 0 Å². The molecule has 0 heterocycles. The monoisotopic (exact) mass is 1650 g/mol. The van der Waals surface area contributed by atoms with Gasteiger partial charge in [-0.05, 0) is 0 Å². The third-order valence-electron chi connectivity index (χ3n) is 12.4. The number of hydrogen-bond donors (Lipinski definition) is 33. The molecule has 101 heavy (non-hydrogen) atoms. The van der Waals surface area contributed by atoms with E-state index in [0.29, 0.717) is 0 Å². The Balaban J connectivity index is 4.89. The highest BCUT2D eigenvalue weighted by atomic mass is 31.2. The summed E-state index contributed by atoms with van der Waals surface area (Å²) in [6.07, 6.45) is -55.2. The molecule has 7 unspecified atom stereocenters. The molecule has 0 aromatic heterocycles. The third kappa shape index (κ3) is 41.4. The Kier molecular flexibility index (Phi) is 46.9. The van der Waals surface area contributed by atoms with E-state index >= 15 is 0 Å². The number of aliphatic hydroxyl groups is 26. The van der Waals surface area contributed by atoms with Crippen LogP contribution in [0.2, 0.25) is 0 Å². The fraction of sp³-hybridized carbons (Fsp3) is 1.00. The van der Waals surface area contributed by atoms with Crippen molar-refractivity contribution < 1.29 is 262 Å². The first-order valence-electron chi connectivity index (χ1n) is 28.0. The molecule has 0 fully saturated rings. The highest BCUT2D eigenvalue weighted by Crippen LogP contribution is 2.49. The highest BCUT2D eigenvalue weighted by Gasteiger charge is 2.41. The summed E-state index contributed by atoms with van der Waals surface area (Å²) >= 11 is 0. The first-order valence-corrected chi connectivity index (χ1v) is 38.4. The molecule has 0 spiro atoms. The fourth-order valence-corrected chi connectivity index (χ4v) is 11.6. The Morgan fingerprint density at radius 2 is 0.228 bits per heavy atom. The van der Waals surface area contributed by atoms with Crippen molar-refractivity contribution in [3.05, 3.63) is 0 Å². The lowest BCUT2D eigenvalue weighted by atomic mass is 10.1. The first-order chi connectivity index (χ1) is 46.1. The smallest absolute Gasteiger partial charge is 0.394 e. The molecule has 0 aromatic carbocycles. The van der Waals surface area contributed by atoms with E-state index in [9.17, 15) is 189 Å². The molecule has 0 saturated heterocycles. The molecule has 0 saturated carbocycles. The molecule has 608 valence electrons. The molecule has 31 atom stereocenters. The maximum atomic E-state index is 12.4. The van der Waals surface area contributed by atoms with Crippen LogP contribution in [0.25, 0.3) is 0 Å². The summed E-state index contributed by atoms with van der Waals surface area (Å²) in [6, 6.07) is 0. The fourth-order valence-electron chi connectivity index (χ4n) is 6.30. The van der Waals surface area contributed by atoms with Gasteiger partial charge >= 0.3 is 54.8 Å². The summed E-state index contributed by atoms with van der Waals surface area (Å²) in [5.74, 6) is 0. The van der Waals surface area contributed by atoms with Crippen molar-refractivity contribution in [3.63, 3.8) is 0 Å². The van der Waals surface area contributed by atoms with E-state index in [0.717, 1.165) is 0 Å². The van der Waals surface area contributed by atoms with E-state index in [1.165, 1.54) is 0 Å². The van der Waals surface area contributed by atoms with Gasteiger partial charge in [-0.1, -0.05) is 0 Å². The van der Waals surface area contributed by atoms with Gasteiger partial charge in [0.25, 0.3) is 0 Å². The second kappa shape index (κ2) is 47.1. The second-order valence-electron chi connectivity index (χ2n) is 20.8. The molecule has 0 amide bonds. The lowest BCUT2D eigenvalue weighted by Gasteiger charge is -2.26. The topological polar surface area (TPSA) is 916 Å². The summed E-state index contributed by atoms with van der Waals surface area (Å²) in [5.41, 5.74) is 0. The van der Waals surface area contributed by atoms with Gasteiger partial charge < -0.3 is 167 Å². The minimum atomic E-state index is -5.48. The van der Waals surface area contributed by atoms with Crippen molar-refractivity contribution in [1.29, 1.82) is 0 Å². The number of rotatable bonds is 60. The highest BCUT2D eigenvalue weighted by molar-refractivity contribution is 7.49. The van der Waals surface area contributed by atoms with Crippen LogP contribution < -0.4 is 0 Å². The van der Waals surface area contributed by atoms with Gasteiger partial charge in [0.1, 0.15) is 146 Å². The summed E-state index contributed by atoms with van der Waals surface area (Å²) < 4.78 is 147. The summed E-state index contributed by atoms with van der Waals surface area (Å²) in [7, 11) is -37.6. The van der Waals surface area contributed by atoms with Crippen molar-refractivity contribution in [1.82, 2.24) is 0 Å². The largest absolute Gasteiger partial charge is 0.472 e. The quantitative estimate of drug-likeness (QED) is 0.0251. The van der Waals surface area contributed by atoms with Crippen LogP contribution in [-0.2, 0) is 95.3 Å². The molecule has 0 radical (unpaired) electrons. The number of hydrogen-bond acceptors (Lipinski definition) is 47. The van der Waals surface area contributed by atoms with Gasteiger partial charge in [0, 0.05) is 0 Å². The van der Waals surface area contributed by atoms with Crippen LogP contribution in [0.4, 0.5) is 0 Å². The average Bonchev–Trinajstić information content (AvgIpc) is 0.896. The van der Waals surface area contributed by atoms with Crippen molar-refractivity contribution in [2.45, 2.75) is 146 Å². The van der Waals surface area contributed by atoms with E-state index in [1.807, 2.05) is 0 Å². The molecule has 33 N–H and O–H groups in total. The standard InChI is InChI=1S/C40H89O54P7/c41-1-17(43)33(59)19(45)3-81-95(67,68)83-5-21(47)35(61)23(49)7-85-97(71,72)87-9-25(51)37(63)27(53)11-89-99(75,76)91-13-29(55)39(65)31(57)15-93-101(79,80)94-16-32(58)40(66)30(56)14-92-100(77,78)90-12-28(54)38(64)26(52)10-88-98(73,74)86-8-24(50)36(62)22(48)6-84-96(69,70)82-4-20(46)34(60)18(44)2-42/h17-66H,1-16H2,(H,67,68)(H,69,70)(H,71,72)(H,73,74)(H,75,76)(H,77,78)(H,79,80)/t17-,18+,19+,20-,21-,22+,23+,24-,25-,26+,27+,28-,29-,30+,31+,32-,33-,34+,35-,36+,37-,38+,39-,40+. The predicted molar refractivity (Wildman–Crippen MR) is 310 cm³/mol. The summed E-state index contributed by atoms with van der Waals surface area (Å²) in [5, 5.41) is 256. The predicted octanol–water partition coefficient (Wildman–Crippen LogP) is -15.4. The van der Waals surface area contributed by atoms with Crippen LogP contribution in [0.15, 0.2) is 0 Å². The minimum Gasteiger partial charge on any atom is -0.394 e. The van der Waals surface area contributed by atoms with Crippen LogP contribution in [0, 0.1) is 0 Å². The van der Waals surface area contributed by atoms with Gasteiger partial charge in [-0.2, -0.15) is 0 Å². The molecular formula is C40H89O54P7. The summed E-state index contributed by atoms with van der Waals surface area (Å²) in [6.45, 7) is -21.3. The molecule has 0 rings (SSSR count). The van der Waals surface area contributed by atoms with Crippen LogP contribution in [-0.4, -0.2) is 419 Å². The maximum absolute atomic E-state index is 12.4. The van der Waals surface area contributed by atoms with Gasteiger partial charge in [-0.15, -0.1) is 0 Å². The Morgan fingerprint density at radius 3 is 0.297 bits per heavy atom. The van der Waals surface area contributed by atoms with Gasteiger partial charge in [0.2, 0.25) is 0 Å².